The lowest BCUT2D eigenvalue weighted by Gasteiger charge is -2.12. The molecule has 0 radical (unpaired) electrons. The maximum absolute atomic E-state index is 13.7. The summed E-state index contributed by atoms with van der Waals surface area (Å²) in [7, 11) is 0. The van der Waals surface area contributed by atoms with Crippen molar-refractivity contribution in [2.24, 2.45) is 0 Å². The summed E-state index contributed by atoms with van der Waals surface area (Å²) in [6.07, 6.45) is 5.03. The third kappa shape index (κ3) is 6.90. The zero-order valence-corrected chi connectivity index (χ0v) is 15.1. The molecule has 0 aliphatic carbocycles. The number of halogens is 2. The molecule has 0 saturated carbocycles. The zero-order valence-electron chi connectivity index (χ0n) is 14.3. The number of para-hydroxylation sites is 1. The van der Waals surface area contributed by atoms with Crippen molar-refractivity contribution in [1.82, 2.24) is 5.32 Å². The molecule has 2 aromatic carbocycles. The predicted molar refractivity (Wildman–Crippen MR) is 100 cm³/mol. The van der Waals surface area contributed by atoms with Crippen molar-refractivity contribution in [3.63, 3.8) is 0 Å². The van der Waals surface area contributed by atoms with Crippen LogP contribution in [0.5, 0.6) is 5.75 Å². The van der Waals surface area contributed by atoms with Crippen LogP contribution in [0, 0.1) is 5.82 Å². The van der Waals surface area contributed by atoms with E-state index >= 15 is 0 Å². The lowest BCUT2D eigenvalue weighted by molar-refractivity contribution is 0.296. The van der Waals surface area contributed by atoms with Crippen LogP contribution in [0.15, 0.2) is 48.5 Å². The molecule has 0 aromatic heterocycles. The van der Waals surface area contributed by atoms with Crippen LogP contribution < -0.4 is 10.1 Å². The summed E-state index contributed by atoms with van der Waals surface area (Å²) in [5.41, 5.74) is 1.69. The Morgan fingerprint density at radius 1 is 0.917 bits per heavy atom. The van der Waals surface area contributed by atoms with Gasteiger partial charge in [-0.25, -0.2) is 4.39 Å². The van der Waals surface area contributed by atoms with Gasteiger partial charge in [0, 0.05) is 17.7 Å². The van der Waals surface area contributed by atoms with Crippen molar-refractivity contribution in [2.75, 3.05) is 6.54 Å². The van der Waals surface area contributed by atoms with E-state index in [2.05, 4.69) is 18.3 Å². The van der Waals surface area contributed by atoms with Gasteiger partial charge in [-0.05, 0) is 25.1 Å². The predicted octanol–water partition coefficient (Wildman–Crippen LogP) is 5.50. The molecule has 0 aliphatic rings. The summed E-state index contributed by atoms with van der Waals surface area (Å²) >= 11 is 0. The van der Waals surface area contributed by atoms with Crippen LogP contribution in [0.3, 0.4) is 0 Å². The number of hydrogen-bond donors (Lipinski definition) is 1. The summed E-state index contributed by atoms with van der Waals surface area (Å²) in [4.78, 5) is 0. The number of benzene rings is 2. The highest BCUT2D eigenvalue weighted by molar-refractivity contribution is 5.85. The fourth-order valence-electron chi connectivity index (χ4n) is 2.46. The van der Waals surface area contributed by atoms with Gasteiger partial charge in [-0.1, -0.05) is 62.6 Å². The zero-order chi connectivity index (χ0) is 16.3. The SMILES string of the molecule is CCCCCCNCc1ccccc1OCc1ccccc1F.Cl. The molecule has 0 aliphatic heterocycles. The molecule has 0 atom stereocenters. The number of hydrogen-bond acceptors (Lipinski definition) is 2. The second-order valence-corrected chi connectivity index (χ2v) is 5.73. The van der Waals surface area contributed by atoms with Crippen molar-refractivity contribution in [2.45, 2.75) is 45.8 Å². The third-order valence-corrected chi connectivity index (χ3v) is 3.84. The Morgan fingerprint density at radius 2 is 1.62 bits per heavy atom. The van der Waals surface area contributed by atoms with Gasteiger partial charge >= 0.3 is 0 Å². The molecule has 4 heteroatoms. The molecular formula is C20H27ClFNO. The van der Waals surface area contributed by atoms with Gasteiger partial charge in [0.15, 0.2) is 0 Å². The Kier molecular flexibility index (Phi) is 10.1. The van der Waals surface area contributed by atoms with E-state index in [1.54, 1.807) is 12.1 Å². The van der Waals surface area contributed by atoms with E-state index in [4.69, 9.17) is 4.74 Å². The Labute approximate surface area is 150 Å². The van der Waals surface area contributed by atoms with E-state index in [1.807, 2.05) is 24.3 Å². The van der Waals surface area contributed by atoms with Crippen LogP contribution in [-0.4, -0.2) is 6.54 Å². The van der Waals surface area contributed by atoms with Crippen LogP contribution in [-0.2, 0) is 13.2 Å². The molecule has 0 spiro atoms. The summed E-state index contributed by atoms with van der Waals surface area (Å²) in [6, 6.07) is 14.7. The normalized spacial score (nSPS) is 10.2. The molecule has 2 rings (SSSR count). The van der Waals surface area contributed by atoms with Crippen LogP contribution >= 0.6 is 12.4 Å². The minimum absolute atomic E-state index is 0. The lowest BCUT2D eigenvalue weighted by atomic mass is 10.1. The average Bonchev–Trinajstić information content (AvgIpc) is 2.58. The summed E-state index contributed by atoms with van der Waals surface area (Å²) in [6.45, 7) is 4.26. The van der Waals surface area contributed by atoms with E-state index in [1.165, 1.54) is 31.7 Å². The van der Waals surface area contributed by atoms with E-state index in [-0.39, 0.29) is 24.8 Å². The molecule has 1 N–H and O–H groups in total. The molecule has 0 saturated heterocycles. The van der Waals surface area contributed by atoms with E-state index in [0.717, 1.165) is 24.4 Å². The van der Waals surface area contributed by atoms with Gasteiger partial charge < -0.3 is 10.1 Å². The van der Waals surface area contributed by atoms with E-state index < -0.39 is 0 Å². The minimum atomic E-state index is -0.223. The number of rotatable bonds is 10. The topological polar surface area (TPSA) is 21.3 Å². The molecule has 132 valence electrons. The van der Waals surface area contributed by atoms with Gasteiger partial charge in [-0.3, -0.25) is 0 Å². The molecule has 0 bridgehead atoms. The molecule has 0 heterocycles. The average molecular weight is 352 g/mol. The summed E-state index contributed by atoms with van der Waals surface area (Å²) < 4.78 is 19.5. The Hall–Kier alpha value is -1.58. The summed E-state index contributed by atoms with van der Waals surface area (Å²) in [5.74, 6) is 0.593. The molecular weight excluding hydrogens is 325 g/mol. The van der Waals surface area contributed by atoms with Crippen molar-refractivity contribution in [1.29, 1.82) is 0 Å². The highest BCUT2D eigenvalue weighted by Crippen LogP contribution is 2.20. The monoisotopic (exact) mass is 351 g/mol. The molecule has 24 heavy (non-hydrogen) atoms. The van der Waals surface area contributed by atoms with E-state index in [9.17, 15) is 4.39 Å². The second-order valence-electron chi connectivity index (χ2n) is 5.73. The highest BCUT2D eigenvalue weighted by atomic mass is 35.5. The van der Waals surface area contributed by atoms with Crippen LogP contribution in [0.4, 0.5) is 4.39 Å². The largest absolute Gasteiger partial charge is 0.488 e. The molecule has 0 unspecified atom stereocenters. The molecule has 2 nitrogen and oxygen atoms in total. The van der Waals surface area contributed by atoms with Crippen LogP contribution in [0.1, 0.15) is 43.7 Å². The van der Waals surface area contributed by atoms with Crippen molar-refractivity contribution < 1.29 is 9.13 Å². The lowest BCUT2D eigenvalue weighted by Crippen LogP contribution is -2.15. The summed E-state index contributed by atoms with van der Waals surface area (Å²) in [5, 5.41) is 3.46. The van der Waals surface area contributed by atoms with E-state index in [0.29, 0.717) is 5.56 Å². The minimum Gasteiger partial charge on any atom is -0.488 e. The fourth-order valence-corrected chi connectivity index (χ4v) is 2.46. The first-order valence-corrected chi connectivity index (χ1v) is 8.46. The Morgan fingerprint density at radius 3 is 2.38 bits per heavy atom. The maximum atomic E-state index is 13.7. The van der Waals surface area contributed by atoms with Crippen LogP contribution in [0.2, 0.25) is 0 Å². The van der Waals surface area contributed by atoms with Crippen molar-refractivity contribution >= 4 is 12.4 Å². The van der Waals surface area contributed by atoms with Gasteiger partial charge in [-0.15, -0.1) is 12.4 Å². The van der Waals surface area contributed by atoms with Gasteiger partial charge in [0.25, 0.3) is 0 Å². The Balaban J connectivity index is 0.00000288. The third-order valence-electron chi connectivity index (χ3n) is 3.84. The number of nitrogens with one attached hydrogen (secondary N) is 1. The fraction of sp³-hybridized carbons (Fsp3) is 0.400. The number of ether oxygens (including phenoxy) is 1. The van der Waals surface area contributed by atoms with Gasteiger partial charge in [0.2, 0.25) is 0 Å². The van der Waals surface area contributed by atoms with Crippen molar-refractivity contribution in [3.05, 3.63) is 65.5 Å². The number of unbranched alkanes of at least 4 members (excludes halogenated alkanes) is 3. The first-order valence-electron chi connectivity index (χ1n) is 8.46. The molecule has 2 aromatic rings. The second kappa shape index (κ2) is 11.9. The van der Waals surface area contributed by atoms with Crippen molar-refractivity contribution in [3.8, 4) is 5.75 Å². The maximum Gasteiger partial charge on any atom is 0.129 e. The first kappa shape index (κ1) is 20.5. The van der Waals surface area contributed by atoms with Crippen LogP contribution in [0.25, 0.3) is 0 Å². The molecule has 0 amide bonds. The van der Waals surface area contributed by atoms with Gasteiger partial charge in [-0.2, -0.15) is 0 Å². The van der Waals surface area contributed by atoms with Gasteiger partial charge in [0.1, 0.15) is 18.2 Å². The van der Waals surface area contributed by atoms with Gasteiger partial charge in [0.05, 0.1) is 0 Å². The standard InChI is InChI=1S/C20H26FNO.ClH/c1-2-3-4-9-14-22-15-17-10-6-8-13-20(17)23-16-18-11-5-7-12-19(18)21;/h5-8,10-13,22H,2-4,9,14-16H2,1H3;1H. The highest BCUT2D eigenvalue weighted by Gasteiger charge is 2.05. The Bertz CT molecular complexity index is 591. The molecule has 0 fully saturated rings. The quantitative estimate of drug-likeness (QED) is 0.571. The smallest absolute Gasteiger partial charge is 0.129 e. The first-order chi connectivity index (χ1) is 11.3.